The van der Waals surface area contributed by atoms with Crippen LogP contribution < -0.4 is 0 Å². The molecular weight excluding hydrogens is 532 g/mol. The van der Waals surface area contributed by atoms with E-state index in [4.69, 9.17) is 4.42 Å². The van der Waals surface area contributed by atoms with Gasteiger partial charge in [0.25, 0.3) is 0 Å². The van der Waals surface area contributed by atoms with Crippen LogP contribution in [0, 0.1) is 22.7 Å². The number of fused-ring (bicyclic) bond motifs is 6. The van der Waals surface area contributed by atoms with Crippen LogP contribution in [0.25, 0.3) is 75.5 Å². The molecule has 0 aliphatic heterocycles. The highest BCUT2D eigenvalue weighted by Crippen LogP contribution is 2.45. The van der Waals surface area contributed by atoms with Gasteiger partial charge in [-0.1, -0.05) is 91.0 Å². The van der Waals surface area contributed by atoms with Crippen LogP contribution in [0.2, 0.25) is 0 Å². The first-order valence-electron chi connectivity index (χ1n) is 13.6. The molecule has 6 aromatic carbocycles. The van der Waals surface area contributed by atoms with E-state index in [2.05, 4.69) is 54.6 Å². The molecule has 0 unspecified atom stereocenters. The summed E-state index contributed by atoms with van der Waals surface area (Å²) in [5.41, 5.74) is 7.21. The van der Waals surface area contributed by atoms with E-state index in [1.807, 2.05) is 78.9 Å². The molecule has 8 rings (SSSR count). The lowest BCUT2D eigenvalue weighted by Crippen LogP contribution is -1.98. The molecule has 0 N–H and O–H groups in total. The van der Waals surface area contributed by atoms with E-state index < -0.39 is 0 Å². The normalized spacial score (nSPS) is 11.3. The highest BCUT2D eigenvalue weighted by molar-refractivity contribution is 7.25. The summed E-state index contributed by atoms with van der Waals surface area (Å²) in [5, 5.41) is 25.7. The number of rotatable bonds is 3. The van der Waals surface area contributed by atoms with Crippen molar-refractivity contribution in [3.8, 4) is 45.5 Å². The van der Waals surface area contributed by atoms with Gasteiger partial charge in [0.15, 0.2) is 0 Å². The van der Waals surface area contributed by atoms with Crippen LogP contribution in [0.1, 0.15) is 11.1 Å². The molecule has 0 amide bonds. The maximum atomic E-state index is 10.8. The molecule has 0 atom stereocenters. The molecule has 2 aromatic heterocycles. The average Bonchev–Trinajstić information content (AvgIpc) is 3.62. The fourth-order valence-corrected chi connectivity index (χ4v) is 7.19. The third-order valence-corrected chi connectivity index (χ3v) is 9.15. The third kappa shape index (κ3) is 3.57. The molecule has 0 aliphatic carbocycles. The van der Waals surface area contributed by atoms with Gasteiger partial charge in [-0.2, -0.15) is 10.5 Å². The predicted octanol–water partition coefficient (Wildman–Crippen LogP) is 10.7. The molecule has 0 spiro atoms. The second kappa shape index (κ2) is 9.46. The Labute approximate surface area is 245 Å². The van der Waals surface area contributed by atoms with Crippen molar-refractivity contribution in [2.75, 3.05) is 0 Å². The lowest BCUT2D eigenvalue weighted by atomic mass is 9.83. The first-order valence-corrected chi connectivity index (χ1v) is 14.5. The molecule has 0 saturated carbocycles. The maximum Gasteiger partial charge on any atom is 0.143 e. The van der Waals surface area contributed by atoms with E-state index >= 15 is 0 Å². The molecule has 0 saturated heterocycles. The Balaban J connectivity index is 1.50. The van der Waals surface area contributed by atoms with E-state index in [1.54, 1.807) is 11.3 Å². The highest BCUT2D eigenvalue weighted by atomic mass is 32.1. The highest BCUT2D eigenvalue weighted by Gasteiger charge is 2.24. The number of nitriles is 2. The molecule has 42 heavy (non-hydrogen) atoms. The lowest BCUT2D eigenvalue weighted by molar-refractivity contribution is 0.670. The zero-order valence-corrected chi connectivity index (χ0v) is 23.1. The molecule has 0 bridgehead atoms. The molecular formula is C38H20N2OS. The Morgan fingerprint density at radius 2 is 1.19 bits per heavy atom. The van der Waals surface area contributed by atoms with Gasteiger partial charge in [0.2, 0.25) is 0 Å². The number of hydrogen-bond acceptors (Lipinski definition) is 4. The largest absolute Gasteiger partial charge is 0.455 e. The molecule has 0 radical (unpaired) electrons. The van der Waals surface area contributed by atoms with Gasteiger partial charge in [0.05, 0.1) is 11.1 Å². The average molecular weight is 553 g/mol. The number of benzene rings is 6. The summed E-state index contributed by atoms with van der Waals surface area (Å²) >= 11 is 1.75. The van der Waals surface area contributed by atoms with Crippen molar-refractivity contribution in [3.63, 3.8) is 0 Å². The van der Waals surface area contributed by atoms with Crippen LogP contribution >= 0.6 is 11.3 Å². The monoisotopic (exact) mass is 552 g/mol. The van der Waals surface area contributed by atoms with Gasteiger partial charge < -0.3 is 4.42 Å². The zero-order valence-electron chi connectivity index (χ0n) is 22.3. The fraction of sp³-hybridized carbons (Fsp3) is 0. The number of hydrogen-bond donors (Lipinski definition) is 0. The second-order valence-electron chi connectivity index (χ2n) is 10.3. The minimum Gasteiger partial charge on any atom is -0.455 e. The SMILES string of the molecule is N#Cc1c(-c2ccccc2)cc(-c2cccc3c2oc2ccccc23)c(C#N)c1-c1ccc2sc3ccccc3c2c1. The maximum absolute atomic E-state index is 10.8. The van der Waals surface area contributed by atoms with Gasteiger partial charge in [-0.25, -0.2) is 0 Å². The van der Waals surface area contributed by atoms with Crippen molar-refractivity contribution in [2.45, 2.75) is 0 Å². The third-order valence-electron chi connectivity index (χ3n) is 8.00. The molecule has 3 nitrogen and oxygen atoms in total. The van der Waals surface area contributed by atoms with Gasteiger partial charge in [-0.3, -0.25) is 0 Å². The summed E-state index contributed by atoms with van der Waals surface area (Å²) in [7, 11) is 0. The predicted molar refractivity (Wildman–Crippen MR) is 172 cm³/mol. The van der Waals surface area contributed by atoms with Crippen molar-refractivity contribution < 1.29 is 4.42 Å². The minimum absolute atomic E-state index is 0.457. The number of furan rings is 1. The Morgan fingerprint density at radius 1 is 0.500 bits per heavy atom. The fourth-order valence-electron chi connectivity index (χ4n) is 6.10. The lowest BCUT2D eigenvalue weighted by Gasteiger charge is -2.17. The molecule has 4 heteroatoms. The number of para-hydroxylation sites is 2. The summed E-state index contributed by atoms with van der Waals surface area (Å²) in [5.74, 6) is 0. The smallest absolute Gasteiger partial charge is 0.143 e. The topological polar surface area (TPSA) is 60.7 Å². The van der Waals surface area contributed by atoms with Gasteiger partial charge >= 0.3 is 0 Å². The second-order valence-corrected chi connectivity index (χ2v) is 11.4. The summed E-state index contributed by atoms with van der Waals surface area (Å²) < 4.78 is 8.79. The Hall–Kier alpha value is -5.68. The van der Waals surface area contributed by atoms with Crippen molar-refractivity contribution >= 4 is 53.4 Å². The summed E-state index contributed by atoms with van der Waals surface area (Å²) in [6.45, 7) is 0. The minimum atomic E-state index is 0.457. The van der Waals surface area contributed by atoms with Crippen LogP contribution in [0.15, 0.2) is 126 Å². The van der Waals surface area contributed by atoms with E-state index in [0.717, 1.165) is 55.1 Å². The van der Waals surface area contributed by atoms with Gasteiger partial charge in [0, 0.05) is 53.2 Å². The Morgan fingerprint density at radius 3 is 2.02 bits per heavy atom. The van der Waals surface area contributed by atoms with Gasteiger partial charge in [-0.15, -0.1) is 11.3 Å². The van der Waals surface area contributed by atoms with E-state index in [9.17, 15) is 10.5 Å². The number of thiophene rings is 1. The molecule has 0 aliphatic rings. The Kier molecular flexibility index (Phi) is 5.44. The van der Waals surface area contributed by atoms with Crippen molar-refractivity contribution in [1.82, 2.24) is 0 Å². The summed E-state index contributed by atoms with van der Waals surface area (Å²) in [6.07, 6.45) is 0. The van der Waals surface area contributed by atoms with Crippen LogP contribution in [-0.4, -0.2) is 0 Å². The van der Waals surface area contributed by atoms with E-state index in [1.165, 1.54) is 14.8 Å². The molecule has 8 aromatic rings. The van der Waals surface area contributed by atoms with Crippen molar-refractivity contribution in [2.24, 2.45) is 0 Å². The van der Waals surface area contributed by atoms with Crippen molar-refractivity contribution in [1.29, 1.82) is 10.5 Å². The van der Waals surface area contributed by atoms with Crippen molar-refractivity contribution in [3.05, 3.63) is 132 Å². The standard InChI is InChI=1S/C38H20N2OS/c39-21-32-29(23-9-2-1-3-10-23)20-30(28-14-8-13-27-25-11-4-6-15-34(25)41-38(27)28)33(22-40)37(32)24-17-18-36-31(19-24)26-12-5-7-16-35(26)42-36/h1-20H. The summed E-state index contributed by atoms with van der Waals surface area (Å²) in [6, 6.07) is 45.5. The zero-order chi connectivity index (χ0) is 28.2. The first kappa shape index (κ1) is 24.1. The van der Waals surface area contributed by atoms with Crippen LogP contribution in [0.4, 0.5) is 0 Å². The van der Waals surface area contributed by atoms with Gasteiger partial charge in [0.1, 0.15) is 23.3 Å². The van der Waals surface area contributed by atoms with E-state index in [-0.39, 0.29) is 0 Å². The van der Waals surface area contributed by atoms with Crippen LogP contribution in [0.3, 0.4) is 0 Å². The van der Waals surface area contributed by atoms with Crippen LogP contribution in [-0.2, 0) is 0 Å². The Bertz CT molecular complexity index is 2430. The quantitative estimate of drug-likeness (QED) is 0.219. The summed E-state index contributed by atoms with van der Waals surface area (Å²) in [4.78, 5) is 0. The number of nitrogens with zero attached hydrogens (tertiary/aromatic N) is 2. The first-order chi connectivity index (χ1) is 20.7. The van der Waals surface area contributed by atoms with E-state index in [0.29, 0.717) is 16.7 Å². The molecule has 194 valence electrons. The molecule has 2 heterocycles. The van der Waals surface area contributed by atoms with Crippen LogP contribution in [0.5, 0.6) is 0 Å². The molecule has 0 fully saturated rings. The van der Waals surface area contributed by atoms with Gasteiger partial charge in [-0.05, 0) is 41.5 Å².